The molecule has 30 nitrogen and oxygen atoms in total. The third kappa shape index (κ3) is 39.1. The molecule has 0 aliphatic heterocycles. The molecule has 0 unspecified atom stereocenters. The van der Waals surface area contributed by atoms with Crippen molar-refractivity contribution in [3.05, 3.63) is 49.3 Å². The second-order valence-electron chi connectivity index (χ2n) is 16.3. The van der Waals surface area contributed by atoms with Crippen molar-refractivity contribution >= 4 is 52.6 Å². The number of amides is 3. The first-order valence-electron chi connectivity index (χ1n) is 20.8. The highest BCUT2D eigenvalue weighted by Crippen LogP contribution is 2.11. The van der Waals surface area contributed by atoms with Crippen molar-refractivity contribution in [2.24, 2.45) is 30.2 Å². The standard InChI is InChI=1S/C9H15N3O4.C9H18N2O3.C9H17NO4.C6H11N3O2.C4H7N3O2.CH3I.CH4.H4N2.H2O/c1-5(6-11-12-8(14)15-6)10-7(13)16-9(2,3)4;1-6(7(12)5-10)11-8(13)14-9(2,3)4;1-6(7(11)13-5)10-8(12)14-9(2,3)4;1-4(7-2)5-8-9(3)6(10)11-5;1-2(5)3-6-7-4(8)9-3;1-2;;1-2;/h5H,1-4H3,(H,10,13)(H,12,14);6H,5,10H2,1-4H3,(H,11,13);6H,1-5H3,(H,10,12);4,7H,1-3H3;2H,5H2,1H3,(H,7,8);1H3;1H4;1-2H2;1H2/t5-;2*6-;4-;2-;;;;/m11111..../s1/i;;;;;1D;;;. The monoisotopic (exact) mass is 1130 g/mol. The number of ketones is 1. The molecule has 3 aromatic heterocycles. The third-order valence-electron chi connectivity index (χ3n) is 6.62. The molecular weight excluding hydrogens is 1050 g/mol. The van der Waals surface area contributed by atoms with Gasteiger partial charge in [-0.15, -0.1) is 15.3 Å². The van der Waals surface area contributed by atoms with Crippen molar-refractivity contribution in [3.8, 4) is 0 Å². The molecule has 3 heterocycles. The number of esters is 1. The Morgan fingerprint density at radius 2 is 1.10 bits per heavy atom. The van der Waals surface area contributed by atoms with Crippen LogP contribution in [0.5, 0.6) is 0 Å². The van der Waals surface area contributed by atoms with E-state index in [-0.39, 0.29) is 49.1 Å². The zero-order chi connectivity index (χ0) is 55.0. The van der Waals surface area contributed by atoms with E-state index < -0.39 is 76.4 Å². The molecule has 31 heteroatoms. The summed E-state index contributed by atoms with van der Waals surface area (Å²) < 4.78 is 40.7. The molecule has 0 radical (unpaired) electrons. The maximum absolute atomic E-state index is 11.4. The molecule has 410 valence electrons. The molecule has 16 N–H and O–H groups in total. The first-order valence-corrected chi connectivity index (χ1v) is 21.6. The van der Waals surface area contributed by atoms with Crippen molar-refractivity contribution in [2.45, 2.75) is 151 Å². The van der Waals surface area contributed by atoms with Crippen LogP contribution in [0.2, 0.25) is 0 Å². The van der Waals surface area contributed by atoms with Gasteiger partial charge < -0.3 is 70.4 Å². The van der Waals surface area contributed by atoms with Gasteiger partial charge in [0.05, 0.1) is 31.8 Å². The number of rotatable bonds is 10. The zero-order valence-corrected chi connectivity index (χ0v) is 44.6. The molecule has 5 atom stereocenters. The first-order chi connectivity index (χ1) is 31.6. The van der Waals surface area contributed by atoms with Gasteiger partial charge >= 0.3 is 41.5 Å². The van der Waals surface area contributed by atoms with Gasteiger partial charge in [0.15, 0.2) is 5.78 Å². The summed E-state index contributed by atoms with van der Waals surface area (Å²) in [5.74, 6) is 6.37. The quantitative estimate of drug-likeness (QED) is 0.0340. The van der Waals surface area contributed by atoms with Crippen LogP contribution in [0.3, 0.4) is 0 Å². The lowest BCUT2D eigenvalue weighted by Crippen LogP contribution is -2.43. The molecule has 0 saturated heterocycles. The van der Waals surface area contributed by atoms with Gasteiger partial charge in [0.2, 0.25) is 17.7 Å². The second kappa shape index (κ2) is 38.1. The van der Waals surface area contributed by atoms with E-state index in [2.05, 4.69) is 72.0 Å². The molecule has 0 aliphatic carbocycles. The van der Waals surface area contributed by atoms with E-state index in [1.807, 2.05) is 29.5 Å². The van der Waals surface area contributed by atoms with Gasteiger partial charge in [0, 0.05) is 8.42 Å². The Bertz CT molecular complexity index is 2040. The molecule has 0 aromatic carbocycles. The SMILES string of the molecule is C.CN[C@H](C)c1nn(C)c(=O)o1.COC(=O)[C@@H](C)NC(=O)OC(C)(C)C.C[C@@H](N)c1n[nH]c(=O)o1.C[C@@H](NC(=O)OC(C)(C)C)C(=O)CN.C[C@@H](NC(=O)OC(C)(C)C)c1n[nH]c(=O)o1.NN.O.[2H]CI. The van der Waals surface area contributed by atoms with Crippen LogP contribution >= 0.6 is 22.6 Å². The largest absolute Gasteiger partial charge is 0.467 e. The van der Waals surface area contributed by atoms with E-state index in [1.165, 1.54) is 18.7 Å². The summed E-state index contributed by atoms with van der Waals surface area (Å²) in [5, 5.41) is 25.3. The molecular formula is C39H81IN14O16. The van der Waals surface area contributed by atoms with E-state index in [1.54, 1.807) is 97.2 Å². The van der Waals surface area contributed by atoms with Gasteiger partial charge in [-0.05, 0) is 109 Å². The number of alkyl carbamates (subject to hydrolysis) is 3. The van der Waals surface area contributed by atoms with Crippen LogP contribution in [0.4, 0.5) is 14.4 Å². The number of carbonyl (C=O) groups is 5. The van der Waals surface area contributed by atoms with Gasteiger partial charge in [0.25, 0.3) is 0 Å². The van der Waals surface area contributed by atoms with Gasteiger partial charge in [-0.3, -0.25) is 16.5 Å². The minimum atomic E-state index is -0.699. The molecule has 0 aliphatic rings. The Hall–Kier alpha value is -5.74. The normalized spacial score (nSPS) is 12.5. The Kier molecular flexibility index (Phi) is 39.8. The number of halogens is 1. The molecule has 0 spiro atoms. The highest BCUT2D eigenvalue weighted by Gasteiger charge is 2.23. The van der Waals surface area contributed by atoms with Crippen LogP contribution in [-0.2, 0) is 35.6 Å². The fraction of sp³-hybridized carbons (Fsp3) is 0.718. The van der Waals surface area contributed by atoms with Crippen LogP contribution < -0.4 is 61.7 Å². The number of ether oxygens (including phenoxy) is 4. The number of carbonyl (C=O) groups excluding carboxylic acids is 5. The Balaban J connectivity index is -0.000000182. The maximum Gasteiger partial charge on any atom is 0.436 e. The number of Topliss-reactive ketones (excluding diaryl/α,β-unsaturated/α-hetero) is 1. The predicted octanol–water partition coefficient (Wildman–Crippen LogP) is 1.17. The van der Waals surface area contributed by atoms with Crippen molar-refractivity contribution in [1.82, 2.24) is 51.4 Å². The van der Waals surface area contributed by atoms with Crippen molar-refractivity contribution in [1.29, 1.82) is 0 Å². The number of hydrogen-bond donors (Lipinski definition) is 10. The average Bonchev–Trinajstić information content (AvgIpc) is 3.96. The van der Waals surface area contributed by atoms with E-state index in [9.17, 15) is 38.4 Å². The summed E-state index contributed by atoms with van der Waals surface area (Å²) in [5.41, 5.74) is 8.74. The number of nitrogens with zero attached hydrogens (tertiary/aromatic N) is 4. The number of aromatic nitrogens is 6. The maximum atomic E-state index is 11.4. The van der Waals surface area contributed by atoms with Gasteiger partial charge in [-0.2, -0.15) is 4.68 Å². The van der Waals surface area contributed by atoms with Gasteiger partial charge in [0.1, 0.15) is 28.9 Å². The second-order valence-corrected chi connectivity index (χ2v) is 16.3. The Labute approximate surface area is 422 Å². The lowest BCUT2D eigenvalue weighted by atomic mass is 10.2. The topological polar surface area (TPSA) is 472 Å². The van der Waals surface area contributed by atoms with E-state index in [0.29, 0.717) is 10.8 Å². The highest BCUT2D eigenvalue weighted by molar-refractivity contribution is 14.1. The smallest absolute Gasteiger partial charge is 0.436 e. The van der Waals surface area contributed by atoms with E-state index in [4.69, 9.17) is 31.5 Å². The Morgan fingerprint density at radius 1 is 0.729 bits per heavy atom. The number of H-pyrrole nitrogens is 2. The molecule has 3 aromatic rings. The van der Waals surface area contributed by atoms with Crippen molar-refractivity contribution in [3.63, 3.8) is 0 Å². The third-order valence-corrected chi connectivity index (χ3v) is 6.62. The predicted molar refractivity (Wildman–Crippen MR) is 266 cm³/mol. The number of alkyl halides is 1. The van der Waals surface area contributed by atoms with Crippen LogP contribution in [0.1, 0.15) is 142 Å². The Morgan fingerprint density at radius 3 is 1.37 bits per heavy atom. The van der Waals surface area contributed by atoms with Crippen LogP contribution in [0.15, 0.2) is 27.6 Å². The fourth-order valence-electron chi connectivity index (χ4n) is 3.53. The number of nitrogens with two attached hydrogens (primary N) is 4. The first kappa shape index (κ1) is 73.2. The van der Waals surface area contributed by atoms with Gasteiger partial charge in [-0.25, -0.2) is 43.8 Å². The van der Waals surface area contributed by atoms with Crippen molar-refractivity contribution in [2.75, 3.05) is 25.6 Å². The minimum Gasteiger partial charge on any atom is -0.467 e. The molecule has 0 saturated carbocycles. The number of methoxy groups -OCH3 is 1. The molecule has 70 heavy (non-hydrogen) atoms. The summed E-state index contributed by atoms with van der Waals surface area (Å²) in [6.07, 6.45) is -1.83. The average molecular weight is 1130 g/mol. The minimum absolute atomic E-state index is 0. The van der Waals surface area contributed by atoms with E-state index in [0.717, 1.165) is 0 Å². The molecule has 0 bridgehead atoms. The van der Waals surface area contributed by atoms with Crippen molar-refractivity contribution < 1.29 is 63.0 Å². The number of nitrogens with one attached hydrogen (secondary N) is 6. The van der Waals surface area contributed by atoms with E-state index >= 15 is 0 Å². The zero-order valence-electron chi connectivity index (χ0n) is 43.4. The number of hydrogen-bond acceptors (Lipinski definition) is 23. The summed E-state index contributed by atoms with van der Waals surface area (Å²) in [6.45, 7) is 23.9. The lowest BCUT2D eigenvalue weighted by Gasteiger charge is -2.21. The molecule has 3 rings (SSSR count). The van der Waals surface area contributed by atoms with Gasteiger partial charge in [-0.1, -0.05) is 30.0 Å². The lowest BCUT2D eigenvalue weighted by molar-refractivity contribution is -0.142. The van der Waals surface area contributed by atoms with Crippen LogP contribution in [0.25, 0.3) is 0 Å². The number of hydrazine groups is 1. The van der Waals surface area contributed by atoms with Crippen LogP contribution in [-0.4, -0.2) is 120 Å². The molecule has 0 fully saturated rings. The summed E-state index contributed by atoms with van der Waals surface area (Å²) >= 11 is 1.96. The highest BCUT2D eigenvalue weighted by atomic mass is 127. The molecule has 3 amide bonds. The number of aromatic amines is 2. The van der Waals surface area contributed by atoms with Crippen LogP contribution in [0, 0.1) is 0 Å². The fourth-order valence-corrected chi connectivity index (χ4v) is 3.53. The summed E-state index contributed by atoms with van der Waals surface area (Å²) in [6, 6.07) is -2.19. The summed E-state index contributed by atoms with van der Waals surface area (Å²) in [7, 11) is 4.59. The summed E-state index contributed by atoms with van der Waals surface area (Å²) in [4.78, 5) is 87.8. The number of aryl methyl sites for hydroxylation is 1.